The topological polar surface area (TPSA) is 82.5 Å². The van der Waals surface area contributed by atoms with Crippen molar-refractivity contribution in [1.29, 1.82) is 0 Å². The number of rotatable bonds is 4. The minimum atomic E-state index is 0.456. The second-order valence-corrected chi connectivity index (χ2v) is 4.91. The van der Waals surface area contributed by atoms with E-state index in [4.69, 9.17) is 4.52 Å². The normalized spacial score (nSPS) is 14.6. The first-order valence-electron chi connectivity index (χ1n) is 6.51. The zero-order valence-corrected chi connectivity index (χ0v) is 10.7. The van der Waals surface area contributed by atoms with Crippen LogP contribution in [0.2, 0.25) is 0 Å². The first kappa shape index (κ1) is 11.3. The molecule has 0 aliphatic heterocycles. The van der Waals surface area contributed by atoms with Gasteiger partial charge in [0.15, 0.2) is 0 Å². The Kier molecular flexibility index (Phi) is 2.55. The van der Waals surface area contributed by atoms with Gasteiger partial charge in [-0.15, -0.1) is 0 Å². The highest BCUT2D eigenvalue weighted by Gasteiger charge is 2.22. The van der Waals surface area contributed by atoms with Crippen LogP contribution in [0.5, 0.6) is 0 Å². The van der Waals surface area contributed by atoms with Crippen molar-refractivity contribution in [3.8, 4) is 23.0 Å². The van der Waals surface area contributed by atoms with Crippen molar-refractivity contribution < 1.29 is 4.52 Å². The van der Waals surface area contributed by atoms with Gasteiger partial charge in [0.2, 0.25) is 5.82 Å². The van der Waals surface area contributed by atoms with Crippen molar-refractivity contribution in [2.45, 2.75) is 19.4 Å². The van der Waals surface area contributed by atoms with Crippen molar-refractivity contribution in [2.75, 3.05) is 0 Å². The van der Waals surface area contributed by atoms with Gasteiger partial charge in [-0.05, 0) is 24.8 Å². The molecule has 0 amide bonds. The molecule has 3 aromatic heterocycles. The lowest BCUT2D eigenvalue weighted by Gasteiger charge is -1.95. The minimum absolute atomic E-state index is 0.456. The highest BCUT2D eigenvalue weighted by Crippen LogP contribution is 2.30. The maximum atomic E-state index is 5.26. The SMILES string of the molecule is c1cc(-c2noc(-c3cnn(CC4CC4)c3)n2)ncn1. The number of hydrogen-bond donors (Lipinski definition) is 0. The van der Waals surface area contributed by atoms with Gasteiger partial charge in [-0.2, -0.15) is 10.1 Å². The molecule has 4 rings (SSSR count). The third-order valence-corrected chi connectivity index (χ3v) is 3.26. The average molecular weight is 268 g/mol. The molecule has 0 spiro atoms. The Morgan fingerprint density at radius 2 is 2.30 bits per heavy atom. The van der Waals surface area contributed by atoms with E-state index < -0.39 is 0 Å². The Balaban J connectivity index is 1.59. The summed E-state index contributed by atoms with van der Waals surface area (Å²) >= 11 is 0. The number of aromatic nitrogens is 6. The molecule has 0 aromatic carbocycles. The first-order valence-corrected chi connectivity index (χ1v) is 6.51. The van der Waals surface area contributed by atoms with E-state index in [1.54, 1.807) is 18.5 Å². The molecule has 0 radical (unpaired) electrons. The van der Waals surface area contributed by atoms with Crippen LogP contribution in [-0.4, -0.2) is 29.9 Å². The van der Waals surface area contributed by atoms with E-state index >= 15 is 0 Å². The molecule has 7 nitrogen and oxygen atoms in total. The Morgan fingerprint density at radius 1 is 1.35 bits per heavy atom. The summed E-state index contributed by atoms with van der Waals surface area (Å²) < 4.78 is 7.20. The molecule has 3 heterocycles. The van der Waals surface area contributed by atoms with E-state index in [1.165, 1.54) is 19.2 Å². The van der Waals surface area contributed by atoms with E-state index in [2.05, 4.69) is 25.2 Å². The lowest BCUT2D eigenvalue weighted by atomic mass is 10.3. The van der Waals surface area contributed by atoms with Gasteiger partial charge in [0.1, 0.15) is 12.0 Å². The maximum Gasteiger partial charge on any atom is 0.261 e. The van der Waals surface area contributed by atoms with Gasteiger partial charge in [-0.25, -0.2) is 9.97 Å². The summed E-state index contributed by atoms with van der Waals surface area (Å²) in [6.45, 7) is 0.965. The highest BCUT2D eigenvalue weighted by atomic mass is 16.5. The largest absolute Gasteiger partial charge is 0.333 e. The summed E-state index contributed by atoms with van der Waals surface area (Å²) in [5, 5.41) is 8.25. The summed E-state index contributed by atoms with van der Waals surface area (Å²) in [6, 6.07) is 1.74. The molecule has 0 saturated heterocycles. The van der Waals surface area contributed by atoms with Gasteiger partial charge in [0.05, 0.1) is 11.8 Å². The predicted octanol–water partition coefficient (Wildman–Crippen LogP) is 1.80. The van der Waals surface area contributed by atoms with Crippen LogP contribution in [0.4, 0.5) is 0 Å². The molecule has 0 unspecified atom stereocenters. The molecule has 100 valence electrons. The molecule has 20 heavy (non-hydrogen) atoms. The first-order chi connectivity index (χ1) is 9.88. The third-order valence-electron chi connectivity index (χ3n) is 3.26. The summed E-state index contributed by atoms with van der Waals surface area (Å²) in [5.41, 5.74) is 1.47. The summed E-state index contributed by atoms with van der Waals surface area (Å²) in [5.74, 6) is 1.69. The van der Waals surface area contributed by atoms with E-state index in [0.717, 1.165) is 18.0 Å². The zero-order chi connectivity index (χ0) is 13.4. The molecular weight excluding hydrogens is 256 g/mol. The fourth-order valence-electron chi connectivity index (χ4n) is 2.01. The van der Waals surface area contributed by atoms with E-state index in [0.29, 0.717) is 17.4 Å². The van der Waals surface area contributed by atoms with Crippen molar-refractivity contribution in [1.82, 2.24) is 29.9 Å². The zero-order valence-electron chi connectivity index (χ0n) is 10.7. The second-order valence-electron chi connectivity index (χ2n) is 4.91. The quantitative estimate of drug-likeness (QED) is 0.717. The van der Waals surface area contributed by atoms with Crippen LogP contribution < -0.4 is 0 Å². The van der Waals surface area contributed by atoms with E-state index in [9.17, 15) is 0 Å². The molecular formula is C13H12N6O. The Bertz CT molecular complexity index is 715. The summed E-state index contributed by atoms with van der Waals surface area (Å²) in [4.78, 5) is 12.3. The van der Waals surface area contributed by atoms with Gasteiger partial charge in [-0.1, -0.05) is 5.16 Å². The molecule has 1 aliphatic carbocycles. The number of hydrogen-bond acceptors (Lipinski definition) is 6. The van der Waals surface area contributed by atoms with Crippen LogP contribution >= 0.6 is 0 Å². The van der Waals surface area contributed by atoms with Gasteiger partial charge in [-0.3, -0.25) is 4.68 Å². The van der Waals surface area contributed by atoms with E-state index in [1.807, 2.05) is 10.9 Å². The maximum absolute atomic E-state index is 5.26. The summed E-state index contributed by atoms with van der Waals surface area (Å²) in [6.07, 6.45) is 9.39. The lowest BCUT2D eigenvalue weighted by molar-refractivity contribution is 0.432. The van der Waals surface area contributed by atoms with Gasteiger partial charge < -0.3 is 4.52 Å². The van der Waals surface area contributed by atoms with Gasteiger partial charge in [0, 0.05) is 18.9 Å². The van der Waals surface area contributed by atoms with Crippen molar-refractivity contribution in [3.05, 3.63) is 31.0 Å². The average Bonchev–Trinajstić information content (AvgIpc) is 2.99. The molecule has 3 aromatic rings. The molecule has 0 bridgehead atoms. The van der Waals surface area contributed by atoms with Crippen LogP contribution in [0, 0.1) is 5.92 Å². The van der Waals surface area contributed by atoms with Crippen LogP contribution in [-0.2, 0) is 6.54 Å². The Labute approximate surface area is 114 Å². The second kappa shape index (κ2) is 4.52. The lowest BCUT2D eigenvalue weighted by Crippen LogP contribution is -1.98. The number of nitrogens with zero attached hydrogens (tertiary/aromatic N) is 6. The van der Waals surface area contributed by atoms with Crippen LogP contribution in [0.3, 0.4) is 0 Å². The predicted molar refractivity (Wildman–Crippen MR) is 69.3 cm³/mol. The van der Waals surface area contributed by atoms with Crippen molar-refractivity contribution in [2.24, 2.45) is 5.92 Å². The Hall–Kier alpha value is -2.57. The van der Waals surface area contributed by atoms with Gasteiger partial charge in [0.25, 0.3) is 5.89 Å². The highest BCUT2D eigenvalue weighted by molar-refractivity contribution is 5.55. The van der Waals surface area contributed by atoms with Crippen LogP contribution in [0.25, 0.3) is 23.0 Å². The van der Waals surface area contributed by atoms with E-state index in [-0.39, 0.29) is 0 Å². The molecule has 1 aliphatic rings. The van der Waals surface area contributed by atoms with Crippen LogP contribution in [0.15, 0.2) is 35.5 Å². The molecule has 1 fully saturated rings. The molecule has 7 heteroatoms. The molecule has 0 atom stereocenters. The summed E-state index contributed by atoms with van der Waals surface area (Å²) in [7, 11) is 0. The minimum Gasteiger partial charge on any atom is -0.333 e. The molecule has 0 N–H and O–H groups in total. The monoisotopic (exact) mass is 268 g/mol. The smallest absolute Gasteiger partial charge is 0.261 e. The Morgan fingerprint density at radius 3 is 3.10 bits per heavy atom. The molecule has 1 saturated carbocycles. The van der Waals surface area contributed by atoms with Crippen LogP contribution in [0.1, 0.15) is 12.8 Å². The van der Waals surface area contributed by atoms with Gasteiger partial charge >= 0.3 is 0 Å². The van der Waals surface area contributed by atoms with Crippen molar-refractivity contribution >= 4 is 0 Å². The van der Waals surface area contributed by atoms with Crippen molar-refractivity contribution in [3.63, 3.8) is 0 Å². The third kappa shape index (κ3) is 2.18. The fraction of sp³-hybridized carbons (Fsp3) is 0.308. The standard InChI is InChI=1S/C13H12N6O/c1-2-9(1)6-19-7-10(5-16-19)13-17-12(18-20-13)11-3-4-14-8-15-11/h3-5,7-9H,1-2,6H2. The fourth-order valence-corrected chi connectivity index (χ4v) is 2.01.